The van der Waals surface area contributed by atoms with Gasteiger partial charge in [-0.15, -0.1) is 0 Å². The van der Waals surface area contributed by atoms with Gasteiger partial charge in [0, 0.05) is 13.0 Å². The van der Waals surface area contributed by atoms with Gasteiger partial charge in [0.15, 0.2) is 0 Å². The van der Waals surface area contributed by atoms with E-state index in [9.17, 15) is 9.59 Å². The van der Waals surface area contributed by atoms with Gasteiger partial charge in [-0.25, -0.2) is 4.79 Å². The number of ether oxygens (including phenoxy) is 2. The van der Waals surface area contributed by atoms with E-state index in [2.05, 4.69) is 12.2 Å². The van der Waals surface area contributed by atoms with Gasteiger partial charge in [0.05, 0.1) is 13.2 Å². The molecule has 0 spiro atoms. The lowest BCUT2D eigenvalue weighted by molar-refractivity contribution is -0.143. The molecule has 1 N–H and O–H groups in total. The van der Waals surface area contributed by atoms with Crippen molar-refractivity contribution in [3.05, 3.63) is 0 Å². The van der Waals surface area contributed by atoms with Crippen molar-refractivity contribution in [1.29, 1.82) is 0 Å². The predicted molar refractivity (Wildman–Crippen MR) is 120 cm³/mol. The zero-order chi connectivity index (χ0) is 21.8. The van der Waals surface area contributed by atoms with E-state index in [0.717, 1.165) is 32.1 Å². The first-order valence-electron chi connectivity index (χ1n) is 11.9. The van der Waals surface area contributed by atoms with E-state index in [1.165, 1.54) is 51.4 Å². The molecule has 0 heterocycles. The van der Waals surface area contributed by atoms with Gasteiger partial charge >= 0.3 is 12.1 Å². The zero-order valence-corrected chi connectivity index (χ0v) is 19.7. The molecule has 0 radical (unpaired) electrons. The zero-order valence-electron chi connectivity index (χ0n) is 19.7. The number of rotatable bonds is 18. The van der Waals surface area contributed by atoms with Gasteiger partial charge in [-0.3, -0.25) is 4.79 Å². The second kappa shape index (κ2) is 18.7. The number of carbonyl (C=O) groups excluding carboxylic acids is 2. The van der Waals surface area contributed by atoms with E-state index in [-0.39, 0.29) is 17.5 Å². The number of amides is 1. The molecule has 0 aromatic carbocycles. The number of hydrogen-bond donors (Lipinski definition) is 1. The molecule has 0 atom stereocenters. The van der Waals surface area contributed by atoms with Crippen molar-refractivity contribution in [2.75, 3.05) is 19.8 Å². The summed E-state index contributed by atoms with van der Waals surface area (Å²) in [6.45, 7) is 9.86. The summed E-state index contributed by atoms with van der Waals surface area (Å²) in [5.74, 6) is -0.0986. The molecule has 1 amide bonds. The van der Waals surface area contributed by atoms with Gasteiger partial charge in [0.25, 0.3) is 0 Å². The highest BCUT2D eigenvalue weighted by molar-refractivity contribution is 5.69. The predicted octanol–water partition coefficient (Wildman–Crippen LogP) is 6.78. The van der Waals surface area contributed by atoms with Crippen LogP contribution in [0.2, 0.25) is 0 Å². The average molecular weight is 414 g/mol. The minimum Gasteiger partial charge on any atom is -0.466 e. The van der Waals surface area contributed by atoms with Crippen molar-refractivity contribution in [2.45, 2.75) is 118 Å². The fourth-order valence-electron chi connectivity index (χ4n) is 2.94. The molecular formula is C24H47NO4. The molecule has 5 heteroatoms. The first-order chi connectivity index (χ1) is 13.8. The Bertz CT molecular complexity index is 404. The highest BCUT2D eigenvalue weighted by atomic mass is 16.5. The van der Waals surface area contributed by atoms with Gasteiger partial charge in [0.2, 0.25) is 0 Å². The topological polar surface area (TPSA) is 64.6 Å². The van der Waals surface area contributed by atoms with Crippen LogP contribution in [-0.2, 0) is 14.3 Å². The smallest absolute Gasteiger partial charge is 0.407 e. The van der Waals surface area contributed by atoms with Crippen LogP contribution in [0.3, 0.4) is 0 Å². The molecule has 172 valence electrons. The minimum absolute atomic E-state index is 0.0222. The Labute approximate surface area is 179 Å². The number of nitrogens with one attached hydrogen (secondary N) is 1. The Balaban J connectivity index is 3.31. The Morgan fingerprint density at radius 3 is 1.86 bits per heavy atom. The third kappa shape index (κ3) is 22.9. The average Bonchev–Trinajstić information content (AvgIpc) is 2.66. The molecular weight excluding hydrogens is 366 g/mol. The van der Waals surface area contributed by atoms with Crippen molar-refractivity contribution in [2.24, 2.45) is 5.41 Å². The summed E-state index contributed by atoms with van der Waals surface area (Å²) in [6.07, 6.45) is 15.5. The van der Waals surface area contributed by atoms with Gasteiger partial charge in [-0.1, -0.05) is 91.9 Å². The van der Waals surface area contributed by atoms with Gasteiger partial charge in [-0.2, -0.15) is 0 Å². The largest absolute Gasteiger partial charge is 0.466 e. The molecule has 0 rings (SSSR count). The second-order valence-corrected chi connectivity index (χ2v) is 9.28. The van der Waals surface area contributed by atoms with Crippen LogP contribution in [0.1, 0.15) is 118 Å². The summed E-state index contributed by atoms with van der Waals surface area (Å²) in [5, 5.41) is 2.74. The number of hydrogen-bond acceptors (Lipinski definition) is 4. The Hall–Kier alpha value is -1.26. The Morgan fingerprint density at radius 1 is 0.724 bits per heavy atom. The molecule has 5 nitrogen and oxygen atoms in total. The van der Waals surface area contributed by atoms with Gasteiger partial charge < -0.3 is 14.8 Å². The summed E-state index contributed by atoms with van der Waals surface area (Å²) in [4.78, 5) is 23.2. The van der Waals surface area contributed by atoms with E-state index < -0.39 is 0 Å². The SMILES string of the molecule is CCCCCCCCCCCCOC(=O)CCCCCNC(=O)OCC(C)(C)C. The summed E-state index contributed by atoms with van der Waals surface area (Å²) < 4.78 is 10.4. The standard InChI is InChI=1S/C24H47NO4/c1-5-6-7-8-9-10-11-12-13-17-20-28-22(26)18-15-14-16-19-25-23(27)29-21-24(2,3)4/h5-21H2,1-4H3,(H,25,27). The van der Waals surface area contributed by atoms with E-state index >= 15 is 0 Å². The summed E-state index contributed by atoms with van der Waals surface area (Å²) in [5.41, 5.74) is -0.0222. The molecule has 0 saturated carbocycles. The lowest BCUT2D eigenvalue weighted by Gasteiger charge is -2.17. The molecule has 0 bridgehead atoms. The van der Waals surface area contributed by atoms with E-state index in [4.69, 9.17) is 9.47 Å². The van der Waals surface area contributed by atoms with Crippen molar-refractivity contribution >= 4 is 12.1 Å². The lowest BCUT2D eigenvalue weighted by atomic mass is 9.99. The summed E-state index contributed by atoms with van der Waals surface area (Å²) in [6, 6.07) is 0. The number of carbonyl (C=O) groups is 2. The Morgan fingerprint density at radius 2 is 1.28 bits per heavy atom. The monoisotopic (exact) mass is 413 g/mol. The van der Waals surface area contributed by atoms with E-state index in [0.29, 0.717) is 26.2 Å². The maximum absolute atomic E-state index is 11.7. The van der Waals surface area contributed by atoms with Crippen LogP contribution in [0.15, 0.2) is 0 Å². The first kappa shape index (κ1) is 27.7. The third-order valence-electron chi connectivity index (χ3n) is 4.72. The molecule has 0 aliphatic carbocycles. The molecule has 29 heavy (non-hydrogen) atoms. The van der Waals surface area contributed by atoms with Crippen molar-refractivity contribution in [1.82, 2.24) is 5.32 Å². The van der Waals surface area contributed by atoms with Gasteiger partial charge in [-0.05, 0) is 24.7 Å². The van der Waals surface area contributed by atoms with Crippen LogP contribution < -0.4 is 5.32 Å². The fourth-order valence-corrected chi connectivity index (χ4v) is 2.94. The normalized spacial score (nSPS) is 11.3. The fraction of sp³-hybridized carbons (Fsp3) is 0.917. The van der Waals surface area contributed by atoms with Gasteiger partial charge in [0.1, 0.15) is 0 Å². The minimum atomic E-state index is -0.365. The maximum atomic E-state index is 11.7. The molecule has 0 saturated heterocycles. The first-order valence-corrected chi connectivity index (χ1v) is 11.9. The highest BCUT2D eigenvalue weighted by Gasteiger charge is 2.13. The van der Waals surface area contributed by atoms with Crippen molar-refractivity contribution in [3.63, 3.8) is 0 Å². The summed E-state index contributed by atoms with van der Waals surface area (Å²) in [7, 11) is 0. The number of alkyl carbamates (subject to hydrolysis) is 1. The summed E-state index contributed by atoms with van der Waals surface area (Å²) >= 11 is 0. The third-order valence-corrected chi connectivity index (χ3v) is 4.72. The molecule has 0 unspecified atom stereocenters. The second-order valence-electron chi connectivity index (χ2n) is 9.28. The molecule has 0 aromatic rings. The maximum Gasteiger partial charge on any atom is 0.407 e. The lowest BCUT2D eigenvalue weighted by Crippen LogP contribution is -2.28. The highest BCUT2D eigenvalue weighted by Crippen LogP contribution is 2.13. The quantitative estimate of drug-likeness (QED) is 0.199. The number of unbranched alkanes of at least 4 members (excludes halogenated alkanes) is 11. The Kier molecular flexibility index (Phi) is 17.9. The van der Waals surface area contributed by atoms with Crippen molar-refractivity contribution in [3.8, 4) is 0 Å². The van der Waals surface area contributed by atoms with Crippen LogP contribution in [0.5, 0.6) is 0 Å². The van der Waals surface area contributed by atoms with E-state index in [1.807, 2.05) is 20.8 Å². The van der Waals surface area contributed by atoms with Crippen LogP contribution in [-0.4, -0.2) is 31.8 Å². The molecule has 0 aliphatic heterocycles. The van der Waals surface area contributed by atoms with Crippen LogP contribution in [0, 0.1) is 5.41 Å². The molecule has 0 fully saturated rings. The van der Waals surface area contributed by atoms with Crippen LogP contribution >= 0.6 is 0 Å². The van der Waals surface area contributed by atoms with Crippen LogP contribution in [0.4, 0.5) is 4.79 Å². The molecule has 0 aromatic heterocycles. The van der Waals surface area contributed by atoms with E-state index in [1.54, 1.807) is 0 Å². The van der Waals surface area contributed by atoms with Crippen molar-refractivity contribution < 1.29 is 19.1 Å². The van der Waals surface area contributed by atoms with Crippen LogP contribution in [0.25, 0.3) is 0 Å². The molecule has 0 aliphatic rings. The number of esters is 1.